The van der Waals surface area contributed by atoms with Crippen LogP contribution in [0.5, 0.6) is 0 Å². The van der Waals surface area contributed by atoms with E-state index in [1.165, 1.54) is 17.5 Å². The van der Waals surface area contributed by atoms with Gasteiger partial charge >= 0.3 is 0 Å². The number of rotatable bonds is 4. The summed E-state index contributed by atoms with van der Waals surface area (Å²) >= 11 is 0. The summed E-state index contributed by atoms with van der Waals surface area (Å²) in [7, 11) is -3.49. The van der Waals surface area contributed by atoms with E-state index in [9.17, 15) is 8.42 Å². The molecule has 8 heteroatoms. The quantitative estimate of drug-likeness (QED) is 0.388. The van der Waals surface area contributed by atoms with Crippen LogP contribution in [0.25, 0.3) is 0 Å². The Kier molecular flexibility index (Phi) is 6.21. The third-order valence-corrected chi connectivity index (χ3v) is 3.78. The lowest BCUT2D eigenvalue weighted by molar-refractivity contribution is 0.597. The van der Waals surface area contributed by atoms with Gasteiger partial charge < -0.3 is 11.1 Å². The lowest BCUT2D eigenvalue weighted by Crippen LogP contribution is -2.25. The van der Waals surface area contributed by atoms with Gasteiger partial charge in [0, 0.05) is 5.69 Å². The Hall–Kier alpha value is -0.870. The van der Waals surface area contributed by atoms with Crippen LogP contribution in [0.15, 0.2) is 23.2 Å². The van der Waals surface area contributed by atoms with Crippen LogP contribution in [0.2, 0.25) is 0 Å². The molecule has 1 aliphatic rings. The highest BCUT2D eigenvalue weighted by Crippen LogP contribution is 2.24. The van der Waals surface area contributed by atoms with Crippen molar-refractivity contribution in [2.45, 2.75) is 19.3 Å². The average molecular weight is 410 g/mol. The number of hydrogen-bond acceptors (Lipinski definition) is 3. The molecular formula is C12H19IN4O2S. The third kappa shape index (κ3) is 5.25. The fraction of sp³-hybridized carbons (Fsp3) is 0.417. The molecule has 1 aliphatic carbocycles. The van der Waals surface area contributed by atoms with Gasteiger partial charge in [0.2, 0.25) is 10.0 Å². The number of nitrogens with zero attached hydrogens (tertiary/aromatic N) is 1. The SMILES string of the molecule is I.NC(=NCCS(N)(=O)=O)Nc1ccc2c(c1)CCC2. The molecule has 1 aromatic rings. The fourth-order valence-electron chi connectivity index (χ4n) is 2.13. The first-order chi connectivity index (χ1) is 8.94. The van der Waals surface area contributed by atoms with E-state index in [2.05, 4.69) is 22.4 Å². The molecule has 5 N–H and O–H groups in total. The van der Waals surface area contributed by atoms with E-state index in [1.54, 1.807) is 0 Å². The summed E-state index contributed by atoms with van der Waals surface area (Å²) in [4.78, 5) is 3.92. The van der Waals surface area contributed by atoms with Crippen molar-refractivity contribution in [3.05, 3.63) is 29.3 Å². The van der Waals surface area contributed by atoms with Gasteiger partial charge in [-0.25, -0.2) is 13.6 Å². The van der Waals surface area contributed by atoms with Gasteiger partial charge in [0.1, 0.15) is 0 Å². The molecule has 0 aromatic heterocycles. The van der Waals surface area contributed by atoms with Gasteiger partial charge in [-0.1, -0.05) is 6.07 Å². The van der Waals surface area contributed by atoms with Gasteiger partial charge in [0.05, 0.1) is 12.3 Å². The second kappa shape index (κ2) is 7.23. The normalized spacial score (nSPS) is 14.6. The molecule has 0 spiro atoms. The van der Waals surface area contributed by atoms with Gasteiger partial charge in [-0.15, -0.1) is 24.0 Å². The van der Waals surface area contributed by atoms with E-state index < -0.39 is 10.0 Å². The first-order valence-corrected chi connectivity index (χ1v) is 7.85. The zero-order valence-electron chi connectivity index (χ0n) is 11.0. The molecule has 0 amide bonds. The van der Waals surface area contributed by atoms with Crippen LogP contribution < -0.4 is 16.2 Å². The number of nitrogens with two attached hydrogens (primary N) is 2. The molecule has 0 radical (unpaired) electrons. The number of anilines is 1. The van der Waals surface area contributed by atoms with E-state index in [0.717, 1.165) is 18.5 Å². The lowest BCUT2D eigenvalue weighted by atomic mass is 10.1. The van der Waals surface area contributed by atoms with Crippen LogP contribution >= 0.6 is 24.0 Å². The van der Waals surface area contributed by atoms with E-state index in [4.69, 9.17) is 10.9 Å². The summed E-state index contributed by atoms with van der Waals surface area (Å²) in [6.45, 7) is 0.0581. The number of benzene rings is 1. The second-order valence-corrected chi connectivity index (χ2v) is 6.33. The molecule has 0 atom stereocenters. The summed E-state index contributed by atoms with van der Waals surface area (Å²) in [6, 6.07) is 6.10. The molecule has 1 aromatic carbocycles. The average Bonchev–Trinajstić information content (AvgIpc) is 2.74. The molecular weight excluding hydrogens is 391 g/mol. The van der Waals surface area contributed by atoms with Crippen molar-refractivity contribution in [2.24, 2.45) is 15.9 Å². The Morgan fingerprint density at radius 3 is 2.70 bits per heavy atom. The zero-order valence-corrected chi connectivity index (χ0v) is 14.1. The van der Waals surface area contributed by atoms with Crippen molar-refractivity contribution in [3.8, 4) is 0 Å². The lowest BCUT2D eigenvalue weighted by Gasteiger charge is -2.07. The molecule has 6 nitrogen and oxygen atoms in total. The standard InChI is InChI=1S/C12H18N4O2S.HI/c13-12(15-6-7-19(14,17)18)16-11-5-4-9-2-1-3-10(9)8-11;/h4-5,8H,1-3,6-7H2,(H3,13,15,16)(H2,14,17,18);1H. The second-order valence-electron chi connectivity index (χ2n) is 4.60. The van der Waals surface area contributed by atoms with E-state index in [0.29, 0.717) is 0 Å². The maximum Gasteiger partial charge on any atom is 0.210 e. The number of aryl methyl sites for hydroxylation is 2. The highest BCUT2D eigenvalue weighted by atomic mass is 127. The highest BCUT2D eigenvalue weighted by molar-refractivity contribution is 14.0. The molecule has 0 saturated carbocycles. The maximum absolute atomic E-state index is 10.7. The Balaban J connectivity index is 0.00000200. The van der Waals surface area contributed by atoms with Crippen LogP contribution in [0.1, 0.15) is 17.5 Å². The summed E-state index contributed by atoms with van der Waals surface area (Å²) in [5.41, 5.74) is 9.28. The minimum Gasteiger partial charge on any atom is -0.370 e. The molecule has 20 heavy (non-hydrogen) atoms. The molecule has 0 fully saturated rings. The van der Waals surface area contributed by atoms with Gasteiger partial charge in [-0.05, 0) is 42.5 Å². The molecule has 0 saturated heterocycles. The number of sulfonamides is 1. The van der Waals surface area contributed by atoms with Gasteiger partial charge in [-0.3, -0.25) is 4.99 Å². The maximum atomic E-state index is 10.7. The number of guanidine groups is 1. The van der Waals surface area contributed by atoms with Crippen LogP contribution in [-0.4, -0.2) is 26.7 Å². The first-order valence-electron chi connectivity index (χ1n) is 6.13. The van der Waals surface area contributed by atoms with Gasteiger partial charge in [-0.2, -0.15) is 0 Å². The fourth-order valence-corrected chi connectivity index (χ4v) is 2.48. The minimum absolute atomic E-state index is 0. The first kappa shape index (κ1) is 17.2. The molecule has 2 rings (SSSR count). The predicted octanol–water partition coefficient (Wildman–Crippen LogP) is 0.808. The number of nitrogens with one attached hydrogen (secondary N) is 1. The van der Waals surface area contributed by atoms with Crippen LogP contribution in [0.3, 0.4) is 0 Å². The molecule has 112 valence electrons. The molecule has 0 bridgehead atoms. The molecule has 0 heterocycles. The van der Waals surface area contributed by atoms with Gasteiger partial charge in [0.25, 0.3) is 0 Å². The van der Waals surface area contributed by atoms with Crippen molar-refractivity contribution in [1.82, 2.24) is 0 Å². The van der Waals surface area contributed by atoms with Crippen LogP contribution in [0.4, 0.5) is 5.69 Å². The van der Waals surface area contributed by atoms with E-state index in [1.807, 2.05) is 6.07 Å². The van der Waals surface area contributed by atoms with Crippen molar-refractivity contribution in [2.75, 3.05) is 17.6 Å². The van der Waals surface area contributed by atoms with Crippen LogP contribution in [0, 0.1) is 0 Å². The number of fused-ring (bicyclic) bond motifs is 1. The minimum atomic E-state index is -3.49. The predicted molar refractivity (Wildman–Crippen MR) is 92.0 cm³/mol. The number of primary sulfonamides is 1. The van der Waals surface area contributed by atoms with Crippen molar-refractivity contribution < 1.29 is 8.42 Å². The molecule has 0 aliphatic heterocycles. The Labute approximate surface area is 136 Å². The highest BCUT2D eigenvalue weighted by Gasteiger charge is 2.10. The van der Waals surface area contributed by atoms with Gasteiger partial charge in [0.15, 0.2) is 5.96 Å². The Morgan fingerprint density at radius 1 is 1.30 bits per heavy atom. The summed E-state index contributed by atoms with van der Waals surface area (Å²) in [6.07, 6.45) is 3.41. The van der Waals surface area contributed by atoms with Crippen molar-refractivity contribution in [3.63, 3.8) is 0 Å². The Morgan fingerprint density at radius 2 is 2.00 bits per heavy atom. The number of hydrogen-bond donors (Lipinski definition) is 3. The van der Waals surface area contributed by atoms with Crippen molar-refractivity contribution >= 4 is 45.6 Å². The third-order valence-electron chi connectivity index (χ3n) is 3.03. The van der Waals surface area contributed by atoms with E-state index in [-0.39, 0.29) is 42.2 Å². The molecule has 0 unspecified atom stereocenters. The Bertz CT molecular complexity index is 601. The van der Waals surface area contributed by atoms with Crippen LogP contribution in [-0.2, 0) is 22.9 Å². The topological polar surface area (TPSA) is 111 Å². The summed E-state index contributed by atoms with van der Waals surface area (Å²) < 4.78 is 21.5. The number of aliphatic imine (C=N–C) groups is 1. The smallest absolute Gasteiger partial charge is 0.210 e. The monoisotopic (exact) mass is 410 g/mol. The zero-order chi connectivity index (χ0) is 13.9. The summed E-state index contributed by atoms with van der Waals surface area (Å²) in [5.74, 6) is -0.0128. The van der Waals surface area contributed by atoms with Crippen molar-refractivity contribution in [1.29, 1.82) is 0 Å². The largest absolute Gasteiger partial charge is 0.370 e. The number of halogens is 1. The summed E-state index contributed by atoms with van der Waals surface area (Å²) in [5, 5.41) is 7.83. The van der Waals surface area contributed by atoms with E-state index >= 15 is 0 Å².